The number of amides is 3. The fraction of sp³-hybridized carbons (Fsp3) is 0.345. The second-order valence-corrected chi connectivity index (χ2v) is 10.1. The van der Waals surface area contributed by atoms with E-state index >= 15 is 0 Å². The van der Waals surface area contributed by atoms with E-state index in [9.17, 15) is 27.6 Å². The van der Waals surface area contributed by atoms with Crippen LogP contribution in [0, 0.1) is 5.82 Å². The van der Waals surface area contributed by atoms with E-state index in [1.807, 2.05) is 0 Å². The van der Waals surface area contributed by atoms with Crippen LogP contribution in [0.1, 0.15) is 50.6 Å². The first-order valence-corrected chi connectivity index (χ1v) is 13.5. The highest BCUT2D eigenvalue weighted by molar-refractivity contribution is 6.31. The molecule has 216 valence electrons. The average Bonchev–Trinajstić information content (AvgIpc) is 2.96. The molecular formula is C29H29ClF3N5O3. The van der Waals surface area contributed by atoms with E-state index in [1.165, 1.54) is 36.7 Å². The van der Waals surface area contributed by atoms with Crippen LogP contribution in [0.3, 0.4) is 0 Å². The van der Waals surface area contributed by atoms with Gasteiger partial charge in [-0.3, -0.25) is 24.2 Å². The second-order valence-electron chi connectivity index (χ2n) is 9.69. The van der Waals surface area contributed by atoms with Crippen LogP contribution in [-0.4, -0.2) is 46.2 Å². The number of nitrogens with one attached hydrogen (secondary N) is 1. The van der Waals surface area contributed by atoms with Crippen LogP contribution < -0.4 is 15.1 Å². The van der Waals surface area contributed by atoms with Gasteiger partial charge in [0.25, 0.3) is 0 Å². The number of hydrogen-bond acceptors (Lipinski definition) is 5. The standard InChI is InChI=1S/C29H29ClF3N5O3/c1-2-24(39)37(28-34-15-6-16-35-28)18-25(40)38(21-8-5-7-19(31)17-21)26(22-9-3-4-10-23(22)30)27(41)36-20-11-13-29(32,33)14-12-20/h3-10,15-17,20,26H,2,11-14,18H2,1H3,(H,36,41). The van der Waals surface area contributed by atoms with Crippen molar-refractivity contribution < 1.29 is 27.6 Å². The summed E-state index contributed by atoms with van der Waals surface area (Å²) in [5, 5.41) is 2.95. The van der Waals surface area contributed by atoms with E-state index in [0.29, 0.717) is 0 Å². The molecule has 1 aliphatic carbocycles. The summed E-state index contributed by atoms with van der Waals surface area (Å²) in [4.78, 5) is 51.2. The highest BCUT2D eigenvalue weighted by atomic mass is 35.5. The normalized spacial score (nSPS) is 15.5. The minimum atomic E-state index is -2.80. The van der Waals surface area contributed by atoms with Gasteiger partial charge in [-0.05, 0) is 43.2 Å². The fourth-order valence-electron chi connectivity index (χ4n) is 4.73. The summed E-state index contributed by atoms with van der Waals surface area (Å²) in [7, 11) is 0. The van der Waals surface area contributed by atoms with Gasteiger partial charge in [-0.2, -0.15) is 0 Å². The molecule has 0 aliphatic heterocycles. The molecule has 0 saturated heterocycles. The lowest BCUT2D eigenvalue weighted by Crippen LogP contribution is -2.51. The molecule has 3 aromatic rings. The minimum Gasteiger partial charge on any atom is -0.351 e. The molecule has 1 aromatic heterocycles. The topological polar surface area (TPSA) is 95.5 Å². The van der Waals surface area contributed by atoms with Crippen LogP contribution in [0.4, 0.5) is 24.8 Å². The summed E-state index contributed by atoms with van der Waals surface area (Å²) in [6.07, 6.45) is 2.20. The number of rotatable bonds is 9. The number of benzene rings is 2. The van der Waals surface area contributed by atoms with Gasteiger partial charge in [0.05, 0.1) is 0 Å². The van der Waals surface area contributed by atoms with E-state index in [4.69, 9.17) is 11.6 Å². The van der Waals surface area contributed by atoms with Crippen LogP contribution in [0.25, 0.3) is 0 Å². The average molecular weight is 588 g/mol. The molecule has 1 heterocycles. The quantitative estimate of drug-likeness (QED) is 0.358. The van der Waals surface area contributed by atoms with E-state index in [-0.39, 0.29) is 54.3 Å². The lowest BCUT2D eigenvalue weighted by atomic mass is 9.91. The van der Waals surface area contributed by atoms with Crippen molar-refractivity contribution in [2.24, 2.45) is 0 Å². The van der Waals surface area contributed by atoms with E-state index < -0.39 is 48.1 Å². The summed E-state index contributed by atoms with van der Waals surface area (Å²) >= 11 is 6.51. The fourth-order valence-corrected chi connectivity index (χ4v) is 4.96. The highest BCUT2D eigenvalue weighted by Gasteiger charge is 2.39. The van der Waals surface area contributed by atoms with Crippen molar-refractivity contribution in [1.29, 1.82) is 0 Å². The maximum Gasteiger partial charge on any atom is 0.248 e. The Morgan fingerprint density at radius 2 is 1.71 bits per heavy atom. The number of halogens is 4. The third kappa shape index (κ3) is 7.40. The summed E-state index contributed by atoms with van der Waals surface area (Å²) in [5.41, 5.74) is 0.262. The molecule has 8 nitrogen and oxygen atoms in total. The Labute approximate surface area is 240 Å². The van der Waals surface area contributed by atoms with Crippen LogP contribution in [0.2, 0.25) is 5.02 Å². The molecule has 1 atom stereocenters. The van der Waals surface area contributed by atoms with Crippen molar-refractivity contribution in [3.8, 4) is 0 Å². The van der Waals surface area contributed by atoms with Crippen LogP contribution in [0.5, 0.6) is 0 Å². The molecule has 12 heteroatoms. The van der Waals surface area contributed by atoms with Gasteiger partial charge in [-0.1, -0.05) is 42.8 Å². The van der Waals surface area contributed by atoms with Crippen molar-refractivity contribution >= 4 is 41.0 Å². The Kier molecular flexibility index (Phi) is 9.59. The molecule has 3 amide bonds. The van der Waals surface area contributed by atoms with Gasteiger partial charge in [-0.25, -0.2) is 23.1 Å². The predicted octanol–water partition coefficient (Wildman–Crippen LogP) is 5.48. The molecular weight excluding hydrogens is 559 g/mol. The number of anilines is 2. The Hall–Kier alpha value is -3.99. The van der Waals surface area contributed by atoms with Gasteiger partial charge in [0.15, 0.2) is 0 Å². The Balaban J connectivity index is 1.77. The first-order valence-electron chi connectivity index (χ1n) is 13.2. The van der Waals surface area contributed by atoms with Gasteiger partial charge in [0, 0.05) is 54.0 Å². The van der Waals surface area contributed by atoms with Gasteiger partial charge in [0.1, 0.15) is 18.4 Å². The molecule has 1 saturated carbocycles. The smallest absolute Gasteiger partial charge is 0.248 e. The first kappa shape index (κ1) is 30.0. The van der Waals surface area contributed by atoms with Crippen molar-refractivity contribution in [1.82, 2.24) is 15.3 Å². The molecule has 0 radical (unpaired) electrons. The molecule has 0 bridgehead atoms. The van der Waals surface area contributed by atoms with Crippen molar-refractivity contribution in [3.05, 3.63) is 83.4 Å². The number of carbonyl (C=O) groups is 3. The molecule has 1 fully saturated rings. The van der Waals surface area contributed by atoms with E-state index in [0.717, 1.165) is 15.9 Å². The molecule has 1 aliphatic rings. The maximum atomic E-state index is 14.5. The molecule has 1 unspecified atom stereocenters. The molecule has 41 heavy (non-hydrogen) atoms. The third-order valence-corrected chi connectivity index (χ3v) is 7.16. The zero-order valence-electron chi connectivity index (χ0n) is 22.3. The molecule has 4 rings (SSSR count). The largest absolute Gasteiger partial charge is 0.351 e. The monoisotopic (exact) mass is 587 g/mol. The zero-order chi connectivity index (χ0) is 29.6. The minimum absolute atomic E-state index is 0.0197. The summed E-state index contributed by atoms with van der Waals surface area (Å²) in [6, 6.07) is 11.0. The summed E-state index contributed by atoms with van der Waals surface area (Å²) in [6.45, 7) is 1.04. The highest BCUT2D eigenvalue weighted by Crippen LogP contribution is 2.36. The third-order valence-electron chi connectivity index (χ3n) is 6.82. The maximum absolute atomic E-state index is 14.5. The molecule has 1 N–H and O–H groups in total. The molecule has 0 spiro atoms. The lowest BCUT2D eigenvalue weighted by Gasteiger charge is -2.35. The van der Waals surface area contributed by atoms with E-state index in [2.05, 4.69) is 15.3 Å². The van der Waals surface area contributed by atoms with Crippen LogP contribution >= 0.6 is 11.6 Å². The van der Waals surface area contributed by atoms with Crippen LogP contribution in [0.15, 0.2) is 67.0 Å². The number of nitrogens with zero attached hydrogens (tertiary/aromatic N) is 4. The lowest BCUT2D eigenvalue weighted by molar-refractivity contribution is -0.127. The van der Waals surface area contributed by atoms with Crippen LogP contribution in [-0.2, 0) is 14.4 Å². The number of hydrogen-bond donors (Lipinski definition) is 1. The van der Waals surface area contributed by atoms with E-state index in [1.54, 1.807) is 31.2 Å². The zero-order valence-corrected chi connectivity index (χ0v) is 23.0. The van der Waals surface area contributed by atoms with Crippen molar-refractivity contribution in [3.63, 3.8) is 0 Å². The SMILES string of the molecule is CCC(=O)N(CC(=O)N(c1cccc(F)c1)C(C(=O)NC1CCC(F)(F)CC1)c1ccccc1Cl)c1ncccn1. The van der Waals surface area contributed by atoms with Gasteiger partial charge in [0.2, 0.25) is 29.6 Å². The Morgan fingerprint density at radius 1 is 1.02 bits per heavy atom. The Morgan fingerprint density at radius 3 is 2.34 bits per heavy atom. The van der Waals surface area contributed by atoms with Gasteiger partial charge < -0.3 is 5.32 Å². The summed E-state index contributed by atoms with van der Waals surface area (Å²) < 4.78 is 42.0. The predicted molar refractivity (Wildman–Crippen MR) is 148 cm³/mol. The van der Waals surface area contributed by atoms with Crippen molar-refractivity contribution in [2.45, 2.75) is 57.0 Å². The summed E-state index contributed by atoms with van der Waals surface area (Å²) in [5.74, 6) is -5.38. The Bertz CT molecular complexity index is 1380. The second kappa shape index (κ2) is 13.1. The van der Waals surface area contributed by atoms with Crippen molar-refractivity contribution in [2.75, 3.05) is 16.3 Å². The number of alkyl halides is 2. The van der Waals surface area contributed by atoms with Gasteiger partial charge in [-0.15, -0.1) is 0 Å². The first-order chi connectivity index (χ1) is 19.6. The molecule has 2 aromatic carbocycles. The number of carbonyl (C=O) groups excluding carboxylic acids is 3. The number of aromatic nitrogens is 2. The van der Waals surface area contributed by atoms with Gasteiger partial charge >= 0.3 is 0 Å².